The van der Waals surface area contributed by atoms with Crippen LogP contribution in [0.25, 0.3) is 0 Å². The van der Waals surface area contributed by atoms with Gasteiger partial charge in [-0.1, -0.05) is 70.4 Å². The van der Waals surface area contributed by atoms with Crippen molar-refractivity contribution in [3.05, 3.63) is 12.2 Å². The van der Waals surface area contributed by atoms with Gasteiger partial charge in [0.1, 0.15) is 0 Å². The van der Waals surface area contributed by atoms with Gasteiger partial charge in [-0.05, 0) is 52.9 Å². The minimum Gasteiger partial charge on any atom is -0.376 e. The topological polar surface area (TPSA) is 9.23 Å². The fourth-order valence-electron chi connectivity index (χ4n) is 2.91. The minimum absolute atomic E-state index is 0.0800. The smallest absolute Gasteiger partial charge is 0.0626 e. The molecule has 0 saturated carbocycles. The van der Waals surface area contributed by atoms with Crippen molar-refractivity contribution < 1.29 is 4.74 Å². The van der Waals surface area contributed by atoms with Crippen molar-refractivity contribution in [1.82, 2.24) is 0 Å². The molecule has 0 N–H and O–H groups in total. The van der Waals surface area contributed by atoms with E-state index in [-0.39, 0.29) is 5.60 Å². The minimum atomic E-state index is 0.0800. The molecule has 0 heterocycles. The molecule has 0 saturated heterocycles. The molecular weight excluding hydrogens is 268 g/mol. The van der Waals surface area contributed by atoms with Crippen LogP contribution in [-0.4, -0.2) is 12.2 Å². The van der Waals surface area contributed by atoms with E-state index in [0.29, 0.717) is 0 Å². The van der Waals surface area contributed by atoms with Crippen molar-refractivity contribution in [3.63, 3.8) is 0 Å². The summed E-state index contributed by atoms with van der Waals surface area (Å²) in [6, 6.07) is 0. The maximum Gasteiger partial charge on any atom is 0.0626 e. The average Bonchev–Trinajstić information content (AvgIpc) is 2.47. The van der Waals surface area contributed by atoms with Crippen molar-refractivity contribution in [2.45, 2.75) is 117 Å². The fraction of sp³-hybridized carbons (Fsp3) is 0.905. The Morgan fingerprint density at radius 3 is 1.73 bits per heavy atom. The van der Waals surface area contributed by atoms with Crippen LogP contribution in [-0.2, 0) is 4.74 Å². The molecule has 0 unspecified atom stereocenters. The van der Waals surface area contributed by atoms with Gasteiger partial charge in [0.2, 0.25) is 0 Å². The highest BCUT2D eigenvalue weighted by molar-refractivity contribution is 4.81. The van der Waals surface area contributed by atoms with Crippen LogP contribution in [0.1, 0.15) is 111 Å². The van der Waals surface area contributed by atoms with Gasteiger partial charge in [0.05, 0.1) is 5.60 Å². The number of ether oxygens (including phenoxy) is 1. The van der Waals surface area contributed by atoms with Gasteiger partial charge in [0.15, 0.2) is 0 Å². The van der Waals surface area contributed by atoms with Gasteiger partial charge < -0.3 is 4.74 Å². The number of hydrogen-bond acceptors (Lipinski definition) is 1. The van der Waals surface area contributed by atoms with E-state index in [1.165, 1.54) is 83.5 Å². The summed E-state index contributed by atoms with van der Waals surface area (Å²) < 4.78 is 5.74. The number of hydrogen-bond donors (Lipinski definition) is 0. The van der Waals surface area contributed by atoms with Crippen LogP contribution >= 0.6 is 0 Å². The predicted octanol–water partition coefficient (Wildman–Crippen LogP) is 7.45. The largest absolute Gasteiger partial charge is 0.376 e. The molecule has 0 aromatic rings. The molecule has 0 spiro atoms. The van der Waals surface area contributed by atoms with E-state index in [9.17, 15) is 0 Å². The second-order valence-electron chi connectivity index (χ2n) is 7.17. The zero-order valence-electron chi connectivity index (χ0n) is 16.0. The molecule has 0 aromatic carbocycles. The Hall–Kier alpha value is -0.300. The Balaban J connectivity index is 3.22. The molecule has 0 amide bonds. The molecule has 0 atom stereocenters. The SMILES string of the molecule is CCCCCC/C=C/CCCCCCCCC(C)(C)OCC. The maximum absolute atomic E-state index is 5.74. The summed E-state index contributed by atoms with van der Waals surface area (Å²) in [6.07, 6.45) is 22.3. The van der Waals surface area contributed by atoms with E-state index in [1.807, 2.05) is 0 Å². The third-order valence-corrected chi connectivity index (χ3v) is 4.33. The predicted molar refractivity (Wildman–Crippen MR) is 101 cm³/mol. The molecule has 0 aliphatic rings. The van der Waals surface area contributed by atoms with Crippen molar-refractivity contribution in [2.75, 3.05) is 6.61 Å². The lowest BCUT2D eigenvalue weighted by atomic mass is 9.99. The van der Waals surface area contributed by atoms with Crippen LogP contribution in [0.2, 0.25) is 0 Å². The van der Waals surface area contributed by atoms with E-state index in [1.54, 1.807) is 0 Å². The van der Waals surface area contributed by atoms with Crippen LogP contribution in [0.5, 0.6) is 0 Å². The highest BCUT2D eigenvalue weighted by atomic mass is 16.5. The van der Waals surface area contributed by atoms with Crippen molar-refractivity contribution in [3.8, 4) is 0 Å². The summed E-state index contributed by atoms with van der Waals surface area (Å²) in [4.78, 5) is 0. The van der Waals surface area contributed by atoms with E-state index >= 15 is 0 Å². The molecule has 0 rings (SSSR count). The van der Waals surface area contributed by atoms with Gasteiger partial charge in [-0.2, -0.15) is 0 Å². The van der Waals surface area contributed by atoms with Crippen LogP contribution < -0.4 is 0 Å². The first kappa shape index (κ1) is 21.7. The van der Waals surface area contributed by atoms with Gasteiger partial charge in [-0.25, -0.2) is 0 Å². The standard InChI is InChI=1S/C21H42O/c1-5-7-8-9-10-11-12-13-14-15-16-17-18-19-20-21(3,4)22-6-2/h11-12H,5-10,13-20H2,1-4H3/b12-11+. The summed E-state index contributed by atoms with van der Waals surface area (Å²) in [5, 5.41) is 0. The highest BCUT2D eigenvalue weighted by Gasteiger charge is 2.16. The van der Waals surface area contributed by atoms with Gasteiger partial charge >= 0.3 is 0 Å². The third-order valence-electron chi connectivity index (χ3n) is 4.33. The molecule has 0 aliphatic heterocycles. The van der Waals surface area contributed by atoms with Crippen molar-refractivity contribution >= 4 is 0 Å². The highest BCUT2D eigenvalue weighted by Crippen LogP contribution is 2.19. The van der Waals surface area contributed by atoms with Crippen LogP contribution in [0.4, 0.5) is 0 Å². The van der Waals surface area contributed by atoms with E-state index < -0.39 is 0 Å². The molecule has 1 heteroatoms. The van der Waals surface area contributed by atoms with Crippen LogP contribution in [0.3, 0.4) is 0 Å². The first-order valence-corrected chi connectivity index (χ1v) is 9.91. The second-order valence-corrected chi connectivity index (χ2v) is 7.17. The Kier molecular flexibility index (Phi) is 15.4. The number of unbranched alkanes of at least 4 members (excludes halogenated alkanes) is 10. The summed E-state index contributed by atoms with van der Waals surface area (Å²) in [7, 11) is 0. The Morgan fingerprint density at radius 1 is 0.682 bits per heavy atom. The van der Waals surface area contributed by atoms with Gasteiger partial charge in [0, 0.05) is 6.61 Å². The van der Waals surface area contributed by atoms with Crippen LogP contribution in [0.15, 0.2) is 12.2 Å². The fourth-order valence-corrected chi connectivity index (χ4v) is 2.91. The Bertz CT molecular complexity index is 242. The summed E-state index contributed by atoms with van der Waals surface area (Å²) >= 11 is 0. The first-order valence-electron chi connectivity index (χ1n) is 9.91. The zero-order chi connectivity index (χ0) is 16.5. The molecule has 0 aromatic heterocycles. The lowest BCUT2D eigenvalue weighted by Gasteiger charge is -2.24. The summed E-state index contributed by atoms with van der Waals surface area (Å²) in [5.41, 5.74) is 0.0800. The van der Waals surface area contributed by atoms with Crippen molar-refractivity contribution in [2.24, 2.45) is 0 Å². The second kappa shape index (κ2) is 15.6. The zero-order valence-corrected chi connectivity index (χ0v) is 16.0. The quantitative estimate of drug-likeness (QED) is 0.212. The number of allylic oxidation sites excluding steroid dienone is 2. The Labute approximate surface area is 140 Å². The molecule has 22 heavy (non-hydrogen) atoms. The maximum atomic E-state index is 5.74. The van der Waals surface area contributed by atoms with Crippen LogP contribution in [0, 0.1) is 0 Å². The van der Waals surface area contributed by atoms with E-state index in [4.69, 9.17) is 4.74 Å². The molecule has 0 aliphatic carbocycles. The summed E-state index contributed by atoms with van der Waals surface area (Å²) in [5.74, 6) is 0. The normalized spacial score (nSPS) is 12.4. The lowest BCUT2D eigenvalue weighted by Crippen LogP contribution is -2.23. The average molecular weight is 311 g/mol. The number of rotatable bonds is 16. The summed E-state index contributed by atoms with van der Waals surface area (Å²) in [6.45, 7) is 9.62. The van der Waals surface area contributed by atoms with E-state index in [2.05, 4.69) is 39.8 Å². The third kappa shape index (κ3) is 16.1. The van der Waals surface area contributed by atoms with Gasteiger partial charge in [-0.3, -0.25) is 0 Å². The monoisotopic (exact) mass is 310 g/mol. The van der Waals surface area contributed by atoms with E-state index in [0.717, 1.165) is 6.61 Å². The molecular formula is C21H42O. The molecule has 0 fully saturated rings. The Morgan fingerprint density at radius 2 is 1.18 bits per heavy atom. The molecule has 0 radical (unpaired) electrons. The lowest BCUT2D eigenvalue weighted by molar-refractivity contribution is -0.0177. The van der Waals surface area contributed by atoms with Gasteiger partial charge in [-0.15, -0.1) is 0 Å². The van der Waals surface area contributed by atoms with Gasteiger partial charge in [0.25, 0.3) is 0 Å². The van der Waals surface area contributed by atoms with Crippen molar-refractivity contribution in [1.29, 1.82) is 0 Å². The molecule has 132 valence electrons. The first-order chi connectivity index (χ1) is 10.6. The molecule has 0 bridgehead atoms. The molecule has 1 nitrogen and oxygen atoms in total.